The molecule has 0 aliphatic carbocycles. The summed E-state index contributed by atoms with van der Waals surface area (Å²) in [6, 6.07) is 8.76. The molecule has 0 radical (unpaired) electrons. The molecule has 134 valence electrons. The maximum absolute atomic E-state index is 12.5. The van der Waals surface area contributed by atoms with E-state index in [2.05, 4.69) is 47.8 Å². The van der Waals surface area contributed by atoms with Gasteiger partial charge in [-0.15, -0.1) is 0 Å². The monoisotopic (exact) mass is 340 g/mol. The third-order valence-electron chi connectivity index (χ3n) is 4.69. The number of benzene rings is 1. The Bertz CT molecular complexity index is 711. The molecule has 1 saturated heterocycles. The Balaban J connectivity index is 1.58. The highest BCUT2D eigenvalue weighted by atomic mass is 16.2. The quantitative estimate of drug-likeness (QED) is 0.880. The van der Waals surface area contributed by atoms with E-state index in [1.165, 1.54) is 16.7 Å². The number of carbonyl (C=O) groups is 1. The fourth-order valence-corrected chi connectivity index (χ4v) is 3.61. The van der Waals surface area contributed by atoms with Crippen LogP contribution < -0.4 is 10.6 Å². The molecule has 1 aliphatic rings. The summed E-state index contributed by atoms with van der Waals surface area (Å²) in [7, 11) is 0. The van der Waals surface area contributed by atoms with Crippen LogP contribution >= 0.6 is 0 Å². The minimum atomic E-state index is -0.0978. The van der Waals surface area contributed by atoms with Crippen LogP contribution in [0.4, 0.5) is 0 Å². The molecule has 2 atom stereocenters. The number of nitrogens with zero attached hydrogens (tertiary/aromatic N) is 2. The molecule has 0 saturated carbocycles. The van der Waals surface area contributed by atoms with E-state index in [1.54, 1.807) is 0 Å². The fraction of sp³-hybridized carbons (Fsp3) is 0.500. The van der Waals surface area contributed by atoms with E-state index in [9.17, 15) is 4.79 Å². The first-order chi connectivity index (χ1) is 12.0. The summed E-state index contributed by atoms with van der Waals surface area (Å²) in [6.07, 6.45) is 5.00. The van der Waals surface area contributed by atoms with Crippen molar-refractivity contribution in [2.24, 2.45) is 0 Å². The van der Waals surface area contributed by atoms with Crippen molar-refractivity contribution in [3.8, 4) is 0 Å². The summed E-state index contributed by atoms with van der Waals surface area (Å²) in [5.41, 5.74) is 4.27. The second kappa shape index (κ2) is 7.83. The minimum Gasteiger partial charge on any atom is -0.348 e. The molecule has 1 aliphatic heterocycles. The molecule has 1 aromatic heterocycles. The topological polar surface area (TPSA) is 59.0 Å². The maximum atomic E-state index is 12.5. The maximum Gasteiger partial charge on any atom is 0.271 e. The molecule has 2 aromatic rings. The van der Waals surface area contributed by atoms with Gasteiger partial charge in [-0.3, -0.25) is 9.48 Å². The normalized spacial score (nSPS) is 18.8. The first-order valence-electron chi connectivity index (χ1n) is 9.15. The first-order valence-corrected chi connectivity index (χ1v) is 9.15. The fourth-order valence-electron chi connectivity index (χ4n) is 3.61. The SMILES string of the molecule is Cc1cc(C)cc(CC(C)NC(=O)c2ccn(C3CCCNC3)n2)c1. The molecule has 0 bridgehead atoms. The molecule has 5 nitrogen and oxygen atoms in total. The predicted octanol–water partition coefficient (Wildman–Crippen LogP) is 2.79. The Morgan fingerprint density at radius 3 is 2.80 bits per heavy atom. The minimum absolute atomic E-state index is 0.0650. The molecule has 2 unspecified atom stereocenters. The van der Waals surface area contributed by atoms with Crippen LogP contribution in [0.15, 0.2) is 30.5 Å². The third-order valence-corrected chi connectivity index (χ3v) is 4.69. The Labute approximate surface area is 149 Å². The van der Waals surface area contributed by atoms with Gasteiger partial charge in [-0.2, -0.15) is 5.10 Å². The smallest absolute Gasteiger partial charge is 0.271 e. The van der Waals surface area contributed by atoms with Gasteiger partial charge < -0.3 is 10.6 Å². The van der Waals surface area contributed by atoms with Gasteiger partial charge in [-0.25, -0.2) is 0 Å². The van der Waals surface area contributed by atoms with Gasteiger partial charge in [0.1, 0.15) is 5.69 Å². The van der Waals surface area contributed by atoms with Crippen molar-refractivity contribution in [1.82, 2.24) is 20.4 Å². The number of aromatic nitrogens is 2. The van der Waals surface area contributed by atoms with E-state index in [-0.39, 0.29) is 11.9 Å². The molecule has 3 rings (SSSR count). The number of carbonyl (C=O) groups excluding carboxylic acids is 1. The first kappa shape index (κ1) is 17.7. The van der Waals surface area contributed by atoms with Crippen LogP contribution in [-0.4, -0.2) is 34.8 Å². The molecule has 5 heteroatoms. The number of piperidine rings is 1. The standard InChI is InChI=1S/C20H28N4O/c1-14-9-15(2)11-17(10-14)12-16(3)22-20(25)19-6-8-24(23-19)18-5-4-7-21-13-18/h6,8-11,16,18,21H,4-5,7,12-13H2,1-3H3,(H,22,25). The van der Waals surface area contributed by atoms with Crippen LogP contribution in [0.3, 0.4) is 0 Å². The lowest BCUT2D eigenvalue weighted by molar-refractivity contribution is 0.0933. The number of hydrogen-bond donors (Lipinski definition) is 2. The van der Waals surface area contributed by atoms with Gasteiger partial charge in [0.05, 0.1) is 6.04 Å². The van der Waals surface area contributed by atoms with Crippen molar-refractivity contribution < 1.29 is 4.79 Å². The number of hydrogen-bond acceptors (Lipinski definition) is 3. The van der Waals surface area contributed by atoms with Crippen molar-refractivity contribution >= 4 is 5.91 Å². The summed E-state index contributed by atoms with van der Waals surface area (Å²) < 4.78 is 1.93. The van der Waals surface area contributed by atoms with Gasteiger partial charge >= 0.3 is 0 Å². The van der Waals surface area contributed by atoms with Gasteiger partial charge in [-0.05, 0) is 58.2 Å². The predicted molar refractivity (Wildman–Crippen MR) is 99.9 cm³/mol. The Kier molecular flexibility index (Phi) is 5.53. The Morgan fingerprint density at radius 2 is 2.12 bits per heavy atom. The van der Waals surface area contributed by atoms with Gasteiger partial charge in [0.2, 0.25) is 0 Å². The van der Waals surface area contributed by atoms with Gasteiger partial charge in [0.25, 0.3) is 5.91 Å². The largest absolute Gasteiger partial charge is 0.348 e. The number of aryl methyl sites for hydroxylation is 2. The van der Waals surface area contributed by atoms with Gasteiger partial charge in [0.15, 0.2) is 0 Å². The zero-order valence-corrected chi connectivity index (χ0v) is 15.4. The Hall–Kier alpha value is -2.14. The molecule has 1 aromatic carbocycles. The lowest BCUT2D eigenvalue weighted by Gasteiger charge is -2.22. The molecular weight excluding hydrogens is 312 g/mol. The van der Waals surface area contributed by atoms with Crippen LogP contribution in [0.2, 0.25) is 0 Å². The van der Waals surface area contributed by atoms with E-state index in [0.717, 1.165) is 32.4 Å². The molecule has 1 amide bonds. The summed E-state index contributed by atoms with van der Waals surface area (Å²) in [6.45, 7) is 8.24. The number of rotatable bonds is 5. The highest BCUT2D eigenvalue weighted by Gasteiger charge is 2.18. The summed E-state index contributed by atoms with van der Waals surface area (Å²) >= 11 is 0. The summed E-state index contributed by atoms with van der Waals surface area (Å²) in [5.74, 6) is -0.0978. The van der Waals surface area contributed by atoms with Crippen molar-refractivity contribution in [3.05, 3.63) is 52.8 Å². The number of nitrogens with one attached hydrogen (secondary N) is 2. The lowest BCUT2D eigenvalue weighted by atomic mass is 10.0. The van der Waals surface area contributed by atoms with Crippen molar-refractivity contribution in [1.29, 1.82) is 0 Å². The summed E-state index contributed by atoms with van der Waals surface area (Å²) in [4.78, 5) is 12.5. The highest BCUT2D eigenvalue weighted by molar-refractivity contribution is 5.92. The van der Waals surface area contributed by atoms with Crippen molar-refractivity contribution in [2.45, 2.75) is 52.1 Å². The zero-order chi connectivity index (χ0) is 17.8. The van der Waals surface area contributed by atoms with E-state index >= 15 is 0 Å². The molecule has 0 spiro atoms. The molecule has 1 fully saturated rings. The van der Waals surface area contributed by atoms with E-state index in [1.807, 2.05) is 23.9 Å². The van der Waals surface area contributed by atoms with E-state index in [4.69, 9.17) is 0 Å². The van der Waals surface area contributed by atoms with Crippen molar-refractivity contribution in [3.63, 3.8) is 0 Å². The average molecular weight is 340 g/mol. The lowest BCUT2D eigenvalue weighted by Crippen LogP contribution is -2.35. The second-order valence-corrected chi connectivity index (χ2v) is 7.26. The van der Waals surface area contributed by atoms with Crippen LogP contribution in [0.1, 0.15) is 53.0 Å². The van der Waals surface area contributed by atoms with E-state index in [0.29, 0.717) is 11.7 Å². The highest BCUT2D eigenvalue weighted by Crippen LogP contribution is 2.16. The zero-order valence-electron chi connectivity index (χ0n) is 15.4. The second-order valence-electron chi connectivity index (χ2n) is 7.26. The van der Waals surface area contributed by atoms with Crippen LogP contribution in [0.25, 0.3) is 0 Å². The van der Waals surface area contributed by atoms with Crippen LogP contribution in [-0.2, 0) is 6.42 Å². The number of amides is 1. The Morgan fingerprint density at radius 1 is 1.36 bits per heavy atom. The molecule has 25 heavy (non-hydrogen) atoms. The van der Waals surface area contributed by atoms with Gasteiger partial charge in [0, 0.05) is 18.8 Å². The summed E-state index contributed by atoms with van der Waals surface area (Å²) in [5, 5.41) is 10.9. The van der Waals surface area contributed by atoms with Crippen LogP contribution in [0.5, 0.6) is 0 Å². The van der Waals surface area contributed by atoms with Gasteiger partial charge in [-0.1, -0.05) is 29.3 Å². The van der Waals surface area contributed by atoms with Crippen molar-refractivity contribution in [2.75, 3.05) is 13.1 Å². The third kappa shape index (κ3) is 4.69. The molecule has 2 heterocycles. The van der Waals surface area contributed by atoms with E-state index < -0.39 is 0 Å². The average Bonchev–Trinajstić information content (AvgIpc) is 3.04. The van der Waals surface area contributed by atoms with Crippen LogP contribution in [0, 0.1) is 13.8 Å². The molecule has 2 N–H and O–H groups in total. The molecular formula is C20H28N4O.